The number of rotatable bonds is 9. The molecule has 5 aliphatic rings. The maximum absolute atomic E-state index is 13.8. The van der Waals surface area contributed by atoms with Gasteiger partial charge in [0.15, 0.2) is 18.5 Å². The third-order valence-corrected chi connectivity index (χ3v) is 11.8. The Morgan fingerprint density at radius 1 is 1.12 bits per heavy atom. The summed E-state index contributed by atoms with van der Waals surface area (Å²) in [6.45, 7) is 20.3. The summed E-state index contributed by atoms with van der Waals surface area (Å²) in [5.74, 6) is -2.79. The van der Waals surface area contributed by atoms with Gasteiger partial charge in [-0.25, -0.2) is 9.59 Å². The van der Waals surface area contributed by atoms with Gasteiger partial charge in [-0.1, -0.05) is 27.4 Å². The molecule has 0 radical (unpaired) electrons. The van der Waals surface area contributed by atoms with Gasteiger partial charge in [-0.3, -0.25) is 4.79 Å². The van der Waals surface area contributed by atoms with Gasteiger partial charge in [0.05, 0.1) is 42.0 Å². The summed E-state index contributed by atoms with van der Waals surface area (Å²) in [6, 6.07) is -1.06. The van der Waals surface area contributed by atoms with E-state index < -0.39 is 107 Å². The van der Waals surface area contributed by atoms with Gasteiger partial charge in [0.1, 0.15) is 23.4 Å². The van der Waals surface area contributed by atoms with Gasteiger partial charge >= 0.3 is 18.0 Å². The number of hydrogen-bond donors (Lipinski definition) is 5. The molecule has 14 nitrogen and oxygen atoms in total. The topological polar surface area (TPSA) is 200 Å². The molecule has 5 N–H and O–H groups in total. The number of carbonyl (C=O) groups is 3. The van der Waals surface area contributed by atoms with Crippen LogP contribution in [0.1, 0.15) is 88.5 Å². The summed E-state index contributed by atoms with van der Waals surface area (Å²) in [7, 11) is 0. The second-order valence-electron chi connectivity index (χ2n) is 17.2. The minimum Gasteiger partial charge on any atom is -0.456 e. The lowest BCUT2D eigenvalue weighted by Crippen LogP contribution is -2.79. The van der Waals surface area contributed by atoms with Crippen molar-refractivity contribution in [1.29, 1.82) is 0 Å². The van der Waals surface area contributed by atoms with E-state index in [1.807, 2.05) is 20.8 Å². The molecule has 13 atom stereocenters. The third-order valence-electron chi connectivity index (χ3n) is 11.8. The minimum atomic E-state index is -1.81. The van der Waals surface area contributed by atoms with Gasteiger partial charge < -0.3 is 54.2 Å². The van der Waals surface area contributed by atoms with Gasteiger partial charge in [-0.05, 0) is 71.1 Å². The first-order valence-electron chi connectivity index (χ1n) is 17.9. The smallest absolute Gasteiger partial charge is 0.407 e. The highest BCUT2D eigenvalue weighted by Crippen LogP contribution is 2.68. The van der Waals surface area contributed by atoms with Crippen molar-refractivity contribution < 1.29 is 63.2 Å². The van der Waals surface area contributed by atoms with Crippen LogP contribution in [0.2, 0.25) is 0 Å². The molecule has 4 fully saturated rings. The Morgan fingerprint density at radius 2 is 1.76 bits per heavy atom. The van der Waals surface area contributed by atoms with Crippen LogP contribution in [0.25, 0.3) is 0 Å². The molecule has 0 unspecified atom stereocenters. The zero-order valence-corrected chi connectivity index (χ0v) is 31.4. The monoisotopic (exact) mass is 723 g/mol. The summed E-state index contributed by atoms with van der Waals surface area (Å²) in [6.07, 6.45) is -8.04. The van der Waals surface area contributed by atoms with Crippen LogP contribution >= 0.6 is 0 Å². The van der Waals surface area contributed by atoms with Crippen LogP contribution in [0.5, 0.6) is 0 Å². The van der Waals surface area contributed by atoms with Crippen LogP contribution in [0.3, 0.4) is 0 Å². The van der Waals surface area contributed by atoms with Gasteiger partial charge in [-0.2, -0.15) is 0 Å². The fourth-order valence-electron chi connectivity index (χ4n) is 9.54. The number of esters is 2. The average molecular weight is 724 g/mol. The normalized spacial score (nSPS) is 40.1. The first-order valence-corrected chi connectivity index (χ1v) is 17.9. The predicted molar refractivity (Wildman–Crippen MR) is 181 cm³/mol. The maximum atomic E-state index is 13.8. The van der Waals surface area contributed by atoms with Crippen LogP contribution in [0.15, 0.2) is 23.8 Å². The zero-order chi connectivity index (χ0) is 38.2. The molecule has 2 saturated carbocycles. The summed E-state index contributed by atoms with van der Waals surface area (Å²) < 4.78 is 36.1. The van der Waals surface area contributed by atoms with E-state index in [4.69, 9.17) is 28.4 Å². The van der Waals surface area contributed by atoms with Gasteiger partial charge in [0.2, 0.25) is 0 Å². The minimum absolute atomic E-state index is 0.0370. The standard InChI is InChI=1S/C37H57NO13/c1-12-24-49-22-14-23-37(45,16-46-23)28-29(41)36(34(9,10)44)15-21(18(4)25(36)27(47-19(5)39)30(50-24)35(22,28)11)48-31(42)26(40)20(13-17(2)3)38-32(43)51-33(6,7)8/h12,17,20-24,26-30,40-41,44-45H,1,13-16H2,2-11H3,(H,38,43)/t20-,21-,22-,23+,24-,26+,27-,28-,29-,30-,35+,36-,37-/m0/s1. The van der Waals surface area contributed by atoms with Crippen molar-refractivity contribution in [3.63, 3.8) is 0 Å². The SMILES string of the molecule is C=C[C@H]1O[C@H]2C[C@H]3OC[C@@]3(O)[C@H]3[C@H](O)[C@]4(C(C)(C)O)C[C@H](OC(=O)[C@H](O)[C@H](CC(C)C)NC(=O)OC(C)(C)C)C(C)=C4[C@H](OC(C)=O)[C@H](O1)[C@]23C. The Morgan fingerprint density at radius 3 is 2.27 bits per heavy atom. The van der Waals surface area contributed by atoms with Crippen LogP contribution < -0.4 is 5.32 Å². The van der Waals surface area contributed by atoms with E-state index in [-0.39, 0.29) is 31.8 Å². The average Bonchev–Trinajstić information content (AvgIpc) is 3.25. The zero-order valence-electron chi connectivity index (χ0n) is 31.4. The number of aliphatic hydroxyl groups is 4. The van der Waals surface area contributed by atoms with E-state index in [1.165, 1.54) is 26.8 Å². The Kier molecular flexibility index (Phi) is 10.4. The van der Waals surface area contributed by atoms with Crippen LogP contribution in [-0.2, 0) is 38.0 Å². The lowest BCUT2D eigenvalue weighted by molar-refractivity contribution is -0.392. The molecule has 51 heavy (non-hydrogen) atoms. The molecule has 0 aromatic carbocycles. The van der Waals surface area contributed by atoms with Crippen molar-refractivity contribution in [3.8, 4) is 0 Å². The van der Waals surface area contributed by atoms with Crippen molar-refractivity contribution in [3.05, 3.63) is 23.8 Å². The number of ether oxygens (including phenoxy) is 6. The molecule has 2 saturated heterocycles. The van der Waals surface area contributed by atoms with Crippen LogP contribution in [-0.4, -0.2) is 117 Å². The molecule has 14 heteroatoms. The van der Waals surface area contributed by atoms with Crippen molar-refractivity contribution in [2.75, 3.05) is 6.61 Å². The third kappa shape index (κ3) is 6.52. The van der Waals surface area contributed by atoms with Gasteiger partial charge in [0.25, 0.3) is 0 Å². The quantitative estimate of drug-likeness (QED) is 0.132. The molecule has 1 amide bonds. The Labute approximate surface area is 299 Å². The summed E-state index contributed by atoms with van der Waals surface area (Å²) in [5, 5.41) is 51.2. The molecule has 0 spiro atoms. The Balaban J connectivity index is 1.61. The number of nitrogens with one attached hydrogen (secondary N) is 1. The molecular formula is C37H57NO13. The van der Waals surface area contributed by atoms with E-state index in [9.17, 15) is 34.8 Å². The van der Waals surface area contributed by atoms with E-state index in [0.29, 0.717) is 11.1 Å². The molecular weight excluding hydrogens is 666 g/mol. The number of carbonyl (C=O) groups excluding carboxylic acids is 3. The highest BCUT2D eigenvalue weighted by molar-refractivity contribution is 5.77. The molecule has 288 valence electrons. The van der Waals surface area contributed by atoms with Gasteiger partial charge in [-0.15, -0.1) is 0 Å². The summed E-state index contributed by atoms with van der Waals surface area (Å²) >= 11 is 0. The fourth-order valence-corrected chi connectivity index (χ4v) is 9.54. The van der Waals surface area contributed by atoms with Gasteiger partial charge in [0, 0.05) is 31.1 Å². The van der Waals surface area contributed by atoms with E-state index in [0.717, 1.165) is 0 Å². The number of alkyl carbamates (subject to hydrolysis) is 1. The van der Waals surface area contributed by atoms with E-state index in [1.54, 1.807) is 27.7 Å². The largest absolute Gasteiger partial charge is 0.456 e. The van der Waals surface area contributed by atoms with Crippen molar-refractivity contribution in [1.82, 2.24) is 5.32 Å². The van der Waals surface area contributed by atoms with E-state index >= 15 is 0 Å². The molecule has 0 aromatic rings. The molecule has 2 heterocycles. The maximum Gasteiger partial charge on any atom is 0.407 e. The first kappa shape index (κ1) is 39.6. The first-order chi connectivity index (χ1) is 23.4. The van der Waals surface area contributed by atoms with E-state index in [2.05, 4.69) is 11.9 Å². The molecule has 5 rings (SSSR count). The molecule has 0 aromatic heterocycles. The Hall–Kier alpha value is -2.59. The fraction of sp³-hybridized carbons (Fsp3) is 0.811. The second-order valence-corrected chi connectivity index (χ2v) is 17.2. The van der Waals surface area contributed by atoms with Crippen LogP contribution in [0.4, 0.5) is 4.79 Å². The summed E-state index contributed by atoms with van der Waals surface area (Å²) in [5.41, 5.74) is -6.36. The molecule has 0 bridgehead atoms. The van der Waals surface area contributed by atoms with Crippen molar-refractivity contribution in [2.24, 2.45) is 22.7 Å². The van der Waals surface area contributed by atoms with Crippen molar-refractivity contribution in [2.45, 2.75) is 160 Å². The highest BCUT2D eigenvalue weighted by atomic mass is 16.7. The number of amides is 1. The number of aliphatic hydroxyl groups excluding tert-OH is 2. The predicted octanol–water partition coefficient (Wildman–Crippen LogP) is 2.43. The lowest BCUT2D eigenvalue weighted by atomic mass is 9.49. The number of hydrogen-bond acceptors (Lipinski definition) is 13. The molecule has 3 aliphatic carbocycles. The molecule has 2 aliphatic heterocycles. The highest BCUT2D eigenvalue weighted by Gasteiger charge is 2.78. The number of fused-ring (bicyclic) bond motifs is 3. The lowest BCUT2D eigenvalue weighted by Gasteiger charge is -2.66. The van der Waals surface area contributed by atoms with Crippen molar-refractivity contribution >= 4 is 18.0 Å². The Bertz CT molecular complexity index is 1430. The summed E-state index contributed by atoms with van der Waals surface area (Å²) in [4.78, 5) is 39.4. The van der Waals surface area contributed by atoms with Crippen LogP contribution in [0, 0.1) is 22.7 Å². The second kappa shape index (κ2) is 13.4.